The Kier molecular flexibility index (Phi) is 4.52. The highest BCUT2D eigenvalue weighted by Gasteiger charge is 2.30. The molecule has 0 saturated carbocycles. The third-order valence-corrected chi connectivity index (χ3v) is 2.63. The van der Waals surface area contributed by atoms with Crippen molar-refractivity contribution in [2.45, 2.75) is 20.0 Å². The van der Waals surface area contributed by atoms with Crippen molar-refractivity contribution in [2.24, 2.45) is 5.41 Å². The quantitative estimate of drug-likeness (QED) is 0.843. The van der Waals surface area contributed by atoms with Gasteiger partial charge in [0.1, 0.15) is 6.61 Å². The van der Waals surface area contributed by atoms with E-state index in [0.717, 1.165) is 5.56 Å². The van der Waals surface area contributed by atoms with Gasteiger partial charge in [0.05, 0.1) is 6.10 Å². The molecule has 0 spiro atoms. The molecule has 1 rings (SSSR count). The van der Waals surface area contributed by atoms with E-state index in [9.17, 15) is 9.90 Å². The van der Waals surface area contributed by atoms with E-state index in [2.05, 4.69) is 5.32 Å². The maximum Gasteiger partial charge on any atom is 0.406 e. The van der Waals surface area contributed by atoms with E-state index in [1.807, 2.05) is 44.2 Å². The monoisotopic (exact) mass is 237 g/mol. The maximum absolute atomic E-state index is 11.0. The molecule has 94 valence electrons. The summed E-state index contributed by atoms with van der Waals surface area (Å²) in [6.45, 7) is 3.87. The van der Waals surface area contributed by atoms with Crippen LogP contribution in [0, 0.1) is 5.41 Å². The second-order valence-corrected chi connectivity index (χ2v) is 4.63. The predicted molar refractivity (Wildman–Crippen MR) is 65.6 cm³/mol. The lowest BCUT2D eigenvalue weighted by Crippen LogP contribution is -2.31. The van der Waals surface area contributed by atoms with Gasteiger partial charge in [-0.3, -0.25) is 0 Å². The number of ether oxygens (including phenoxy) is 1. The van der Waals surface area contributed by atoms with Gasteiger partial charge in [0.15, 0.2) is 0 Å². The van der Waals surface area contributed by atoms with Crippen LogP contribution in [0.25, 0.3) is 0 Å². The summed E-state index contributed by atoms with van der Waals surface area (Å²) < 4.78 is 4.99. The lowest BCUT2D eigenvalue weighted by atomic mass is 9.83. The van der Waals surface area contributed by atoms with Gasteiger partial charge in [0.25, 0.3) is 0 Å². The summed E-state index contributed by atoms with van der Waals surface area (Å²) in [6.07, 6.45) is -1.16. The molecule has 17 heavy (non-hydrogen) atoms. The van der Waals surface area contributed by atoms with E-state index in [4.69, 9.17) is 4.74 Å². The largest absolute Gasteiger partial charge is 0.449 e. The average molecular weight is 237 g/mol. The molecule has 0 aliphatic rings. The second-order valence-electron chi connectivity index (χ2n) is 4.63. The lowest BCUT2D eigenvalue weighted by molar-refractivity contribution is -0.00121. The van der Waals surface area contributed by atoms with Crippen molar-refractivity contribution >= 4 is 6.09 Å². The van der Waals surface area contributed by atoms with Gasteiger partial charge in [-0.2, -0.15) is 0 Å². The molecule has 1 amide bonds. The molecular weight excluding hydrogens is 218 g/mol. The highest BCUT2D eigenvalue weighted by atomic mass is 16.5. The highest BCUT2D eigenvalue weighted by molar-refractivity contribution is 5.66. The van der Waals surface area contributed by atoms with Crippen LogP contribution < -0.4 is 5.32 Å². The molecule has 1 aromatic rings. The molecule has 4 heteroatoms. The zero-order valence-electron chi connectivity index (χ0n) is 10.4. The molecule has 0 heterocycles. The van der Waals surface area contributed by atoms with Crippen molar-refractivity contribution in [3.63, 3.8) is 0 Å². The predicted octanol–water partition coefficient (Wildman–Crippen LogP) is 2.10. The van der Waals surface area contributed by atoms with Gasteiger partial charge in [-0.15, -0.1) is 0 Å². The summed E-state index contributed by atoms with van der Waals surface area (Å²) in [4.78, 5) is 11.0. The molecule has 1 atom stereocenters. The van der Waals surface area contributed by atoms with Gasteiger partial charge >= 0.3 is 6.09 Å². The summed E-state index contributed by atoms with van der Waals surface area (Å²) in [5.41, 5.74) is 0.284. The van der Waals surface area contributed by atoms with Crippen LogP contribution in [0.5, 0.6) is 0 Å². The molecule has 4 nitrogen and oxygen atoms in total. The fraction of sp³-hybridized carbons (Fsp3) is 0.462. The third kappa shape index (κ3) is 3.75. The van der Waals surface area contributed by atoms with Crippen molar-refractivity contribution < 1.29 is 14.6 Å². The topological polar surface area (TPSA) is 58.6 Å². The Hall–Kier alpha value is -1.55. The van der Waals surface area contributed by atoms with Crippen LogP contribution in [0.2, 0.25) is 0 Å². The summed E-state index contributed by atoms with van der Waals surface area (Å²) in [5, 5.41) is 12.6. The Balaban J connectivity index is 2.66. The highest BCUT2D eigenvalue weighted by Crippen LogP contribution is 2.33. The van der Waals surface area contributed by atoms with Crippen molar-refractivity contribution in [3.8, 4) is 0 Å². The Morgan fingerprint density at radius 2 is 2.00 bits per heavy atom. The number of hydrogen-bond donors (Lipinski definition) is 2. The molecule has 0 aliphatic carbocycles. The van der Waals surface area contributed by atoms with Crippen LogP contribution in [-0.2, 0) is 4.74 Å². The van der Waals surface area contributed by atoms with Gasteiger partial charge in [-0.05, 0) is 5.56 Å². The number of amides is 1. The molecule has 1 unspecified atom stereocenters. The van der Waals surface area contributed by atoms with Gasteiger partial charge in [0.2, 0.25) is 0 Å². The number of nitrogens with one attached hydrogen (secondary N) is 1. The van der Waals surface area contributed by atoms with E-state index in [-0.39, 0.29) is 6.61 Å². The van der Waals surface area contributed by atoms with Crippen molar-refractivity contribution in [2.75, 3.05) is 13.7 Å². The fourth-order valence-electron chi connectivity index (χ4n) is 1.49. The van der Waals surface area contributed by atoms with E-state index in [1.54, 1.807) is 0 Å². The molecule has 2 N–H and O–H groups in total. The molecule has 1 aromatic carbocycles. The van der Waals surface area contributed by atoms with E-state index in [1.165, 1.54) is 7.05 Å². The zero-order valence-corrected chi connectivity index (χ0v) is 10.4. The number of hydrogen-bond acceptors (Lipinski definition) is 3. The van der Waals surface area contributed by atoms with Gasteiger partial charge in [0, 0.05) is 12.5 Å². The Bertz CT molecular complexity index is 362. The number of rotatable bonds is 4. The number of alkyl carbamates (subject to hydrolysis) is 1. The van der Waals surface area contributed by atoms with Crippen LogP contribution in [0.3, 0.4) is 0 Å². The third-order valence-electron chi connectivity index (χ3n) is 2.63. The SMILES string of the molecule is CNC(=O)OCC(C)(C)C(O)c1ccccc1. The van der Waals surface area contributed by atoms with Gasteiger partial charge < -0.3 is 15.2 Å². The van der Waals surface area contributed by atoms with Crippen LogP contribution in [0.15, 0.2) is 30.3 Å². The number of carbonyl (C=O) groups excluding carboxylic acids is 1. The standard InChI is InChI=1S/C13H19NO3/c1-13(2,9-17-12(16)14-3)11(15)10-7-5-4-6-8-10/h4-8,11,15H,9H2,1-3H3,(H,14,16). The van der Waals surface area contributed by atoms with Gasteiger partial charge in [-0.25, -0.2) is 4.79 Å². The smallest absolute Gasteiger partial charge is 0.406 e. The summed E-state index contributed by atoms with van der Waals surface area (Å²) in [7, 11) is 1.50. The first-order valence-corrected chi connectivity index (χ1v) is 5.55. The summed E-state index contributed by atoms with van der Waals surface area (Å²) in [5.74, 6) is 0. The van der Waals surface area contributed by atoms with E-state index < -0.39 is 17.6 Å². The minimum absolute atomic E-state index is 0.155. The Labute approximate surface area is 102 Å². The lowest BCUT2D eigenvalue weighted by Gasteiger charge is -2.30. The molecule has 0 bridgehead atoms. The summed E-state index contributed by atoms with van der Waals surface area (Å²) >= 11 is 0. The minimum Gasteiger partial charge on any atom is -0.449 e. The zero-order chi connectivity index (χ0) is 12.9. The molecule has 0 fully saturated rings. The van der Waals surface area contributed by atoms with Crippen LogP contribution in [-0.4, -0.2) is 24.9 Å². The number of aliphatic hydroxyl groups is 1. The first kappa shape index (κ1) is 13.5. The van der Waals surface area contributed by atoms with Gasteiger partial charge in [-0.1, -0.05) is 44.2 Å². The first-order chi connectivity index (χ1) is 7.97. The molecule has 0 aromatic heterocycles. The Morgan fingerprint density at radius 3 is 2.53 bits per heavy atom. The summed E-state index contributed by atoms with van der Waals surface area (Å²) in [6, 6.07) is 9.34. The van der Waals surface area contributed by atoms with Crippen molar-refractivity contribution in [3.05, 3.63) is 35.9 Å². The first-order valence-electron chi connectivity index (χ1n) is 5.55. The van der Waals surface area contributed by atoms with E-state index in [0.29, 0.717) is 0 Å². The van der Waals surface area contributed by atoms with Crippen LogP contribution in [0.1, 0.15) is 25.5 Å². The van der Waals surface area contributed by atoms with Crippen LogP contribution in [0.4, 0.5) is 4.79 Å². The van der Waals surface area contributed by atoms with Crippen LogP contribution >= 0.6 is 0 Å². The van der Waals surface area contributed by atoms with Crippen molar-refractivity contribution in [1.82, 2.24) is 5.32 Å². The molecule has 0 radical (unpaired) electrons. The number of benzene rings is 1. The normalized spacial score (nSPS) is 12.9. The fourth-order valence-corrected chi connectivity index (χ4v) is 1.49. The number of carbonyl (C=O) groups is 1. The van der Waals surface area contributed by atoms with E-state index >= 15 is 0 Å². The number of aliphatic hydroxyl groups excluding tert-OH is 1. The molecule has 0 saturated heterocycles. The second kappa shape index (κ2) is 5.68. The Morgan fingerprint density at radius 1 is 1.41 bits per heavy atom. The van der Waals surface area contributed by atoms with Crippen molar-refractivity contribution in [1.29, 1.82) is 0 Å². The minimum atomic E-state index is -0.673. The molecule has 0 aliphatic heterocycles. The maximum atomic E-state index is 11.0. The average Bonchev–Trinajstić information content (AvgIpc) is 2.36. The molecular formula is C13H19NO3.